The quantitative estimate of drug-likeness (QED) is 0.422. The van der Waals surface area contributed by atoms with Gasteiger partial charge in [-0.25, -0.2) is 18.6 Å². The average Bonchev–Trinajstić information content (AvgIpc) is 3.36. The van der Waals surface area contributed by atoms with Gasteiger partial charge in [-0.1, -0.05) is 0 Å². The molecule has 0 fully saturated rings. The number of aryl methyl sites for hydroxylation is 2. The summed E-state index contributed by atoms with van der Waals surface area (Å²) in [5.74, 6) is -4.40. The van der Waals surface area contributed by atoms with Crippen LogP contribution in [0, 0.1) is 11.6 Å². The lowest BCUT2D eigenvalue weighted by atomic mass is 10.1. The monoisotopic (exact) mass is 514 g/mol. The van der Waals surface area contributed by atoms with Crippen molar-refractivity contribution in [3.63, 3.8) is 0 Å². The summed E-state index contributed by atoms with van der Waals surface area (Å²) < 4.78 is 69.8. The summed E-state index contributed by atoms with van der Waals surface area (Å²) in [6.45, 7) is 0. The van der Waals surface area contributed by atoms with Crippen LogP contribution in [0.5, 0.6) is 0 Å². The first-order chi connectivity index (χ1) is 16.3. The topological polar surface area (TPSA) is 104 Å². The second-order valence-corrected chi connectivity index (χ2v) is 8.38. The number of thiazole rings is 1. The van der Waals surface area contributed by atoms with Gasteiger partial charge in [0, 0.05) is 32.1 Å². The van der Waals surface area contributed by atoms with Crippen LogP contribution in [-0.4, -0.2) is 29.8 Å². The maximum atomic E-state index is 14.3. The van der Waals surface area contributed by atoms with Gasteiger partial charge in [0.2, 0.25) is 5.91 Å². The van der Waals surface area contributed by atoms with E-state index in [4.69, 9.17) is 0 Å². The lowest BCUT2D eigenvalue weighted by Gasteiger charge is -2.10. The molecule has 3 aromatic heterocycles. The number of carbonyl (C=O) groups is 1. The van der Waals surface area contributed by atoms with Crippen LogP contribution in [0.2, 0.25) is 0 Å². The third-order valence-electron chi connectivity index (χ3n) is 5.30. The summed E-state index contributed by atoms with van der Waals surface area (Å²) in [6.07, 6.45) is -5.40. The van der Waals surface area contributed by atoms with E-state index in [1.165, 1.54) is 35.8 Å². The number of hydrogen-bond acceptors (Lipinski definition) is 6. The van der Waals surface area contributed by atoms with Gasteiger partial charge in [-0.05, 0) is 12.1 Å². The lowest BCUT2D eigenvalue weighted by Crippen LogP contribution is -2.37. The Labute approximate surface area is 196 Å². The molecule has 4 aromatic rings. The highest BCUT2D eigenvalue weighted by atomic mass is 32.1. The fraction of sp³-hybridized carbons (Fsp3) is 0.250. The first-order valence-corrected chi connectivity index (χ1v) is 10.6. The Bertz CT molecular complexity index is 1610. The van der Waals surface area contributed by atoms with Crippen LogP contribution in [-0.2, 0) is 38.5 Å². The molecule has 1 N–H and O–H groups in total. The molecule has 35 heavy (non-hydrogen) atoms. The molecular formula is C20H15F5N6O3S. The van der Waals surface area contributed by atoms with Gasteiger partial charge in [0.25, 0.3) is 5.56 Å². The standard InChI is InChI=1S/C20H15F5N6O3S/c1-29-16-13(17(33)30(2)19(29)34)11(31(3)28-16)6-12(32)27-18-26-10(7-35-18)8-4-5-9(20(23,24)25)15(22)14(8)21/h4-5,7H,6H2,1-3H3,(H,26,27,32). The van der Waals surface area contributed by atoms with Crippen molar-refractivity contribution in [2.24, 2.45) is 21.1 Å². The molecule has 1 amide bonds. The number of nitrogens with one attached hydrogen (secondary N) is 1. The largest absolute Gasteiger partial charge is 0.419 e. The molecule has 0 bridgehead atoms. The summed E-state index contributed by atoms with van der Waals surface area (Å²) in [5, 5.41) is 7.87. The van der Waals surface area contributed by atoms with Gasteiger partial charge in [0.1, 0.15) is 5.39 Å². The highest BCUT2D eigenvalue weighted by molar-refractivity contribution is 7.14. The Morgan fingerprint density at radius 3 is 2.43 bits per heavy atom. The molecule has 0 aliphatic rings. The molecule has 1 aromatic carbocycles. The smallest absolute Gasteiger partial charge is 0.302 e. The number of amides is 1. The predicted molar refractivity (Wildman–Crippen MR) is 116 cm³/mol. The molecule has 0 aliphatic carbocycles. The zero-order valence-corrected chi connectivity index (χ0v) is 19.0. The SMILES string of the molecule is Cn1nc2c(c1CC(=O)Nc1nc(-c3ccc(C(F)(F)F)c(F)c3F)cs1)c(=O)n(C)c(=O)n2C. The highest BCUT2D eigenvalue weighted by Crippen LogP contribution is 2.36. The zero-order chi connectivity index (χ0) is 25.8. The summed E-state index contributed by atoms with van der Waals surface area (Å²) >= 11 is 0.839. The first-order valence-electron chi connectivity index (χ1n) is 9.73. The van der Waals surface area contributed by atoms with Crippen LogP contribution < -0.4 is 16.6 Å². The molecule has 0 spiro atoms. The number of benzene rings is 1. The van der Waals surface area contributed by atoms with Crippen molar-refractivity contribution in [3.05, 3.63) is 61.2 Å². The molecule has 15 heteroatoms. The second kappa shape index (κ2) is 8.41. The van der Waals surface area contributed by atoms with Crippen molar-refractivity contribution in [3.8, 4) is 11.3 Å². The maximum Gasteiger partial charge on any atom is 0.419 e. The van der Waals surface area contributed by atoms with E-state index in [0.717, 1.165) is 22.0 Å². The Morgan fingerprint density at radius 1 is 1.09 bits per heavy atom. The Kier molecular flexibility index (Phi) is 5.82. The summed E-state index contributed by atoms with van der Waals surface area (Å²) in [5.41, 5.74) is -3.32. The van der Waals surface area contributed by atoms with E-state index in [2.05, 4.69) is 15.4 Å². The van der Waals surface area contributed by atoms with Crippen LogP contribution >= 0.6 is 11.3 Å². The van der Waals surface area contributed by atoms with Crippen LogP contribution in [0.3, 0.4) is 0 Å². The molecule has 0 saturated heterocycles. The first kappa shape index (κ1) is 24.3. The minimum atomic E-state index is -5.06. The number of hydrogen-bond donors (Lipinski definition) is 1. The molecule has 0 atom stereocenters. The number of fused-ring (bicyclic) bond motifs is 1. The van der Waals surface area contributed by atoms with Crippen molar-refractivity contribution in [2.75, 3.05) is 5.32 Å². The van der Waals surface area contributed by atoms with E-state index in [9.17, 15) is 36.3 Å². The maximum absolute atomic E-state index is 14.3. The fourth-order valence-electron chi connectivity index (χ4n) is 3.51. The van der Waals surface area contributed by atoms with Gasteiger partial charge >= 0.3 is 11.9 Å². The second-order valence-electron chi connectivity index (χ2n) is 7.52. The van der Waals surface area contributed by atoms with Gasteiger partial charge < -0.3 is 5.32 Å². The van der Waals surface area contributed by atoms with Crippen molar-refractivity contribution >= 4 is 33.4 Å². The number of aromatic nitrogens is 5. The van der Waals surface area contributed by atoms with Crippen LogP contribution in [0.15, 0.2) is 27.1 Å². The number of halogens is 5. The van der Waals surface area contributed by atoms with Gasteiger partial charge in [0.05, 0.1) is 23.4 Å². The lowest BCUT2D eigenvalue weighted by molar-refractivity contribution is -0.140. The van der Waals surface area contributed by atoms with E-state index >= 15 is 0 Å². The number of nitrogens with zero attached hydrogens (tertiary/aromatic N) is 5. The van der Waals surface area contributed by atoms with Crippen molar-refractivity contribution in [2.45, 2.75) is 12.6 Å². The van der Waals surface area contributed by atoms with Crippen molar-refractivity contribution < 1.29 is 26.7 Å². The third-order valence-corrected chi connectivity index (χ3v) is 6.06. The number of rotatable bonds is 4. The van der Waals surface area contributed by atoms with Gasteiger partial charge in [-0.15, -0.1) is 11.3 Å². The molecular weight excluding hydrogens is 499 g/mol. The van der Waals surface area contributed by atoms with Crippen LogP contribution in [0.1, 0.15) is 11.3 Å². The molecule has 0 saturated carbocycles. The minimum absolute atomic E-state index is 0.0310. The van der Waals surface area contributed by atoms with E-state index in [0.29, 0.717) is 6.07 Å². The molecule has 0 aliphatic heterocycles. The van der Waals surface area contributed by atoms with E-state index in [-0.39, 0.29) is 34.0 Å². The van der Waals surface area contributed by atoms with Crippen molar-refractivity contribution in [1.29, 1.82) is 0 Å². The van der Waals surface area contributed by atoms with E-state index < -0.39 is 46.1 Å². The van der Waals surface area contributed by atoms with E-state index in [1.807, 2.05) is 0 Å². The number of anilines is 1. The van der Waals surface area contributed by atoms with Crippen LogP contribution in [0.4, 0.5) is 27.1 Å². The van der Waals surface area contributed by atoms with Crippen molar-refractivity contribution in [1.82, 2.24) is 23.9 Å². The molecule has 0 unspecified atom stereocenters. The molecule has 4 rings (SSSR count). The van der Waals surface area contributed by atoms with E-state index in [1.54, 1.807) is 0 Å². The third kappa shape index (κ3) is 4.11. The summed E-state index contributed by atoms with van der Waals surface area (Å²) in [4.78, 5) is 41.3. The molecule has 3 heterocycles. The molecule has 9 nitrogen and oxygen atoms in total. The normalized spacial score (nSPS) is 11.9. The van der Waals surface area contributed by atoms with Crippen LogP contribution in [0.25, 0.3) is 22.3 Å². The van der Waals surface area contributed by atoms with Gasteiger partial charge in [0.15, 0.2) is 22.4 Å². The van der Waals surface area contributed by atoms with Gasteiger partial charge in [-0.2, -0.15) is 18.3 Å². The molecule has 184 valence electrons. The summed E-state index contributed by atoms with van der Waals surface area (Å²) in [7, 11) is 4.22. The zero-order valence-electron chi connectivity index (χ0n) is 18.2. The number of alkyl halides is 3. The summed E-state index contributed by atoms with van der Waals surface area (Å²) in [6, 6.07) is 1.16. The minimum Gasteiger partial charge on any atom is -0.302 e. The van der Waals surface area contributed by atoms with Gasteiger partial charge in [-0.3, -0.25) is 23.4 Å². The molecule has 0 radical (unpaired) electrons. The predicted octanol–water partition coefficient (Wildman–Crippen LogP) is 2.57. The fourth-order valence-corrected chi connectivity index (χ4v) is 4.23. The Morgan fingerprint density at radius 2 is 1.77 bits per heavy atom. The average molecular weight is 514 g/mol. The highest BCUT2D eigenvalue weighted by Gasteiger charge is 2.36. The number of carbonyl (C=O) groups excluding carboxylic acids is 1. The Hall–Kier alpha value is -3.88. The Balaban J connectivity index is 1.60.